The molecule has 0 aliphatic heterocycles. The van der Waals surface area contributed by atoms with Crippen molar-refractivity contribution in [3.05, 3.63) is 0 Å². The van der Waals surface area contributed by atoms with Crippen molar-refractivity contribution >= 4 is 11.9 Å². The predicted molar refractivity (Wildman–Crippen MR) is 60.9 cm³/mol. The largest absolute Gasteiger partial charge is 0.459 e. The van der Waals surface area contributed by atoms with E-state index in [1.807, 2.05) is 0 Å². The molecule has 0 saturated heterocycles. The summed E-state index contributed by atoms with van der Waals surface area (Å²) >= 11 is 0. The first-order chi connectivity index (χ1) is 7.47. The Kier molecular flexibility index (Phi) is 7.60. The lowest BCUT2D eigenvalue weighted by Gasteiger charge is -2.23. The van der Waals surface area contributed by atoms with Crippen LogP contribution in [0.25, 0.3) is 0 Å². The number of carbonyl (C=O) groups is 2. The maximum absolute atomic E-state index is 10.9. The van der Waals surface area contributed by atoms with Crippen molar-refractivity contribution in [3.8, 4) is 0 Å². The van der Waals surface area contributed by atoms with E-state index in [0.717, 1.165) is 25.7 Å². The van der Waals surface area contributed by atoms with Gasteiger partial charge in [0, 0.05) is 13.8 Å². The first kappa shape index (κ1) is 14.9. The van der Waals surface area contributed by atoms with Gasteiger partial charge in [-0.2, -0.15) is 0 Å². The Hall–Kier alpha value is -1.06. The molecule has 0 amide bonds. The summed E-state index contributed by atoms with van der Waals surface area (Å²) in [6, 6.07) is 0. The lowest BCUT2D eigenvalue weighted by Crippen LogP contribution is -2.32. The predicted octanol–water partition coefficient (Wildman–Crippen LogP) is 2.45. The molecule has 0 saturated carbocycles. The highest BCUT2D eigenvalue weighted by Gasteiger charge is 2.22. The minimum absolute atomic E-state index is 0.326. The number of esters is 2. The minimum Gasteiger partial charge on any atom is -0.459 e. The van der Waals surface area contributed by atoms with E-state index in [4.69, 9.17) is 9.47 Å². The van der Waals surface area contributed by atoms with E-state index in [1.54, 1.807) is 6.92 Å². The van der Waals surface area contributed by atoms with Crippen molar-refractivity contribution in [3.63, 3.8) is 0 Å². The first-order valence-corrected chi connectivity index (χ1v) is 5.81. The molecule has 0 heterocycles. The fourth-order valence-corrected chi connectivity index (χ4v) is 1.54. The van der Waals surface area contributed by atoms with Crippen LogP contribution in [0, 0.1) is 0 Å². The monoisotopic (exact) mass is 230 g/mol. The average Bonchev–Trinajstić information content (AvgIpc) is 2.14. The van der Waals surface area contributed by atoms with Crippen LogP contribution in [-0.4, -0.2) is 24.1 Å². The third kappa shape index (κ3) is 7.26. The van der Waals surface area contributed by atoms with Crippen LogP contribution in [-0.2, 0) is 19.1 Å². The van der Waals surface area contributed by atoms with Gasteiger partial charge in [-0.1, -0.05) is 19.8 Å². The molecule has 4 heteroatoms. The average molecular weight is 230 g/mol. The lowest BCUT2D eigenvalue weighted by atomic mass is 10.1. The number of hydrogen-bond donors (Lipinski definition) is 0. The highest BCUT2D eigenvalue weighted by molar-refractivity contribution is 5.67. The highest BCUT2D eigenvalue weighted by Crippen LogP contribution is 2.13. The molecule has 0 aromatic rings. The van der Waals surface area contributed by atoms with Crippen molar-refractivity contribution in [2.75, 3.05) is 0 Å². The molecule has 0 aromatic heterocycles. The van der Waals surface area contributed by atoms with Gasteiger partial charge in [0.25, 0.3) is 0 Å². The van der Waals surface area contributed by atoms with Gasteiger partial charge in [0.15, 0.2) is 0 Å². The standard InChI is InChI=1S/C12H22O4/c1-5-6-7-8-12(16-11(4)14)9(2)15-10(3)13/h9,12H,5-8H2,1-4H3/t9-,12-/m1/s1. The summed E-state index contributed by atoms with van der Waals surface area (Å²) < 4.78 is 10.2. The van der Waals surface area contributed by atoms with Gasteiger partial charge in [-0.25, -0.2) is 0 Å². The second kappa shape index (κ2) is 8.13. The Bertz CT molecular complexity index is 225. The van der Waals surface area contributed by atoms with Crippen LogP contribution in [0.3, 0.4) is 0 Å². The molecular weight excluding hydrogens is 208 g/mol. The summed E-state index contributed by atoms with van der Waals surface area (Å²) in [4.78, 5) is 21.7. The van der Waals surface area contributed by atoms with Crippen LogP contribution in [0.1, 0.15) is 53.4 Å². The van der Waals surface area contributed by atoms with E-state index < -0.39 is 0 Å². The van der Waals surface area contributed by atoms with Crippen LogP contribution in [0.5, 0.6) is 0 Å². The molecule has 16 heavy (non-hydrogen) atoms. The Balaban J connectivity index is 4.16. The van der Waals surface area contributed by atoms with Gasteiger partial charge in [-0.3, -0.25) is 9.59 Å². The molecule has 0 fully saturated rings. The van der Waals surface area contributed by atoms with E-state index in [-0.39, 0.29) is 24.1 Å². The molecular formula is C12H22O4. The molecule has 2 atom stereocenters. The van der Waals surface area contributed by atoms with E-state index in [1.165, 1.54) is 13.8 Å². The quantitative estimate of drug-likeness (QED) is 0.498. The molecule has 0 aliphatic carbocycles. The summed E-state index contributed by atoms with van der Waals surface area (Å²) in [5, 5.41) is 0. The van der Waals surface area contributed by atoms with Gasteiger partial charge >= 0.3 is 11.9 Å². The van der Waals surface area contributed by atoms with Crippen LogP contribution in [0.15, 0.2) is 0 Å². The van der Waals surface area contributed by atoms with Gasteiger partial charge in [0.1, 0.15) is 12.2 Å². The van der Waals surface area contributed by atoms with Crippen LogP contribution >= 0.6 is 0 Å². The Morgan fingerprint density at radius 1 is 1.06 bits per heavy atom. The van der Waals surface area contributed by atoms with Gasteiger partial charge < -0.3 is 9.47 Å². The van der Waals surface area contributed by atoms with Gasteiger partial charge in [0.2, 0.25) is 0 Å². The maximum atomic E-state index is 10.9. The third-order valence-corrected chi connectivity index (χ3v) is 2.28. The third-order valence-electron chi connectivity index (χ3n) is 2.28. The number of hydrogen-bond acceptors (Lipinski definition) is 4. The molecule has 0 radical (unpaired) electrons. The van der Waals surface area contributed by atoms with Gasteiger partial charge in [-0.05, 0) is 19.8 Å². The first-order valence-electron chi connectivity index (χ1n) is 5.81. The van der Waals surface area contributed by atoms with Crippen molar-refractivity contribution in [2.45, 2.75) is 65.6 Å². The number of rotatable bonds is 7. The smallest absolute Gasteiger partial charge is 0.303 e. The number of unbranched alkanes of at least 4 members (excludes halogenated alkanes) is 2. The molecule has 0 N–H and O–H groups in total. The minimum atomic E-state index is -0.377. The van der Waals surface area contributed by atoms with Crippen LogP contribution in [0.4, 0.5) is 0 Å². The molecule has 0 aromatic carbocycles. The molecule has 0 aliphatic rings. The Morgan fingerprint density at radius 2 is 1.62 bits per heavy atom. The maximum Gasteiger partial charge on any atom is 0.303 e. The second-order valence-electron chi connectivity index (χ2n) is 3.96. The zero-order chi connectivity index (χ0) is 12.6. The van der Waals surface area contributed by atoms with Crippen molar-refractivity contribution < 1.29 is 19.1 Å². The lowest BCUT2D eigenvalue weighted by molar-refractivity contribution is -0.164. The zero-order valence-corrected chi connectivity index (χ0v) is 10.6. The van der Waals surface area contributed by atoms with Crippen molar-refractivity contribution in [1.82, 2.24) is 0 Å². The summed E-state index contributed by atoms with van der Waals surface area (Å²) in [6.45, 7) is 6.58. The summed E-state index contributed by atoms with van der Waals surface area (Å²) in [7, 11) is 0. The topological polar surface area (TPSA) is 52.6 Å². The molecule has 4 nitrogen and oxygen atoms in total. The summed E-state index contributed by atoms with van der Waals surface area (Å²) in [5.74, 6) is -0.680. The number of carbonyl (C=O) groups excluding carboxylic acids is 2. The van der Waals surface area contributed by atoms with Gasteiger partial charge in [0.05, 0.1) is 0 Å². The molecule has 0 spiro atoms. The zero-order valence-electron chi connectivity index (χ0n) is 10.6. The fraction of sp³-hybridized carbons (Fsp3) is 0.833. The van der Waals surface area contributed by atoms with E-state index in [0.29, 0.717) is 0 Å². The fourth-order valence-electron chi connectivity index (χ4n) is 1.54. The van der Waals surface area contributed by atoms with Gasteiger partial charge in [-0.15, -0.1) is 0 Å². The number of ether oxygens (including phenoxy) is 2. The summed E-state index contributed by atoms with van der Waals surface area (Å²) in [6.07, 6.45) is 3.20. The molecule has 0 unspecified atom stereocenters. The normalized spacial score (nSPS) is 14.0. The SMILES string of the molecule is CCCCC[C@@H](OC(C)=O)[C@@H](C)OC(C)=O. The van der Waals surface area contributed by atoms with Crippen molar-refractivity contribution in [1.29, 1.82) is 0 Å². The highest BCUT2D eigenvalue weighted by atomic mass is 16.6. The van der Waals surface area contributed by atoms with Crippen molar-refractivity contribution in [2.24, 2.45) is 0 Å². The molecule has 0 bridgehead atoms. The summed E-state index contributed by atoms with van der Waals surface area (Å²) in [5.41, 5.74) is 0. The van der Waals surface area contributed by atoms with Crippen LogP contribution in [0.2, 0.25) is 0 Å². The Labute approximate surface area is 97.3 Å². The van der Waals surface area contributed by atoms with E-state index in [2.05, 4.69) is 6.92 Å². The van der Waals surface area contributed by atoms with E-state index >= 15 is 0 Å². The molecule has 94 valence electrons. The van der Waals surface area contributed by atoms with Crippen LogP contribution < -0.4 is 0 Å². The molecule has 0 rings (SSSR count). The second-order valence-corrected chi connectivity index (χ2v) is 3.96. The Morgan fingerprint density at radius 3 is 2.06 bits per heavy atom. The van der Waals surface area contributed by atoms with E-state index in [9.17, 15) is 9.59 Å².